The number of halogens is 1. The number of carbonyl (C=O) groups excluding carboxylic acids is 2. The Bertz CT molecular complexity index is 1220. The topological polar surface area (TPSA) is 67.9 Å². The van der Waals surface area contributed by atoms with Gasteiger partial charge in [0.05, 0.1) is 24.5 Å². The fourth-order valence-electron chi connectivity index (χ4n) is 3.64. The van der Waals surface area contributed by atoms with Crippen molar-refractivity contribution in [3.05, 3.63) is 89.9 Å². The van der Waals surface area contributed by atoms with Crippen molar-refractivity contribution >= 4 is 28.8 Å². The zero-order valence-corrected chi connectivity index (χ0v) is 19.0. The lowest BCUT2D eigenvalue weighted by Gasteiger charge is -2.16. The maximum Gasteiger partial charge on any atom is 0.282 e. The second-order valence-electron chi connectivity index (χ2n) is 7.63. The summed E-state index contributed by atoms with van der Waals surface area (Å²) in [6.45, 7) is 4.95. The Kier molecular flexibility index (Phi) is 6.92. The molecule has 1 heterocycles. The molecule has 0 aliphatic carbocycles. The minimum Gasteiger partial charge on any atom is -0.494 e. The Morgan fingerprint density at radius 3 is 2.26 bits per heavy atom. The van der Waals surface area contributed by atoms with Gasteiger partial charge in [0.2, 0.25) is 0 Å². The first kappa shape index (κ1) is 23.0. The smallest absolute Gasteiger partial charge is 0.282 e. The van der Waals surface area contributed by atoms with Gasteiger partial charge in [0.25, 0.3) is 11.8 Å². The molecule has 1 N–H and O–H groups in total. The Hall–Kier alpha value is -4.13. The lowest BCUT2D eigenvalue weighted by molar-refractivity contribution is -0.120. The molecule has 6 nitrogen and oxygen atoms in total. The Morgan fingerprint density at radius 2 is 1.59 bits per heavy atom. The average molecular weight is 461 g/mol. The first-order valence-electron chi connectivity index (χ1n) is 11.1. The molecule has 4 rings (SSSR count). The van der Waals surface area contributed by atoms with E-state index in [1.807, 2.05) is 13.8 Å². The molecule has 0 unspecified atom stereocenters. The van der Waals surface area contributed by atoms with E-state index in [4.69, 9.17) is 9.47 Å². The van der Waals surface area contributed by atoms with Crippen LogP contribution in [0.2, 0.25) is 0 Å². The summed E-state index contributed by atoms with van der Waals surface area (Å²) in [7, 11) is 0. The molecular weight excluding hydrogens is 435 g/mol. The van der Waals surface area contributed by atoms with E-state index in [-0.39, 0.29) is 11.3 Å². The van der Waals surface area contributed by atoms with Crippen LogP contribution in [0.25, 0.3) is 5.57 Å². The third-order valence-corrected chi connectivity index (χ3v) is 5.20. The van der Waals surface area contributed by atoms with Crippen molar-refractivity contribution in [2.24, 2.45) is 0 Å². The third-order valence-electron chi connectivity index (χ3n) is 5.20. The number of anilines is 2. The number of rotatable bonds is 9. The molecule has 2 amide bonds. The van der Waals surface area contributed by atoms with E-state index in [0.717, 1.165) is 11.3 Å². The normalized spacial score (nSPS) is 13.4. The lowest BCUT2D eigenvalue weighted by Crippen LogP contribution is -2.32. The van der Waals surface area contributed by atoms with Gasteiger partial charge in [-0.05, 0) is 67.4 Å². The van der Waals surface area contributed by atoms with E-state index in [1.165, 1.54) is 24.3 Å². The largest absolute Gasteiger partial charge is 0.494 e. The predicted molar refractivity (Wildman–Crippen MR) is 129 cm³/mol. The number of amides is 2. The zero-order chi connectivity index (χ0) is 24.1. The monoisotopic (exact) mass is 460 g/mol. The van der Waals surface area contributed by atoms with Crippen LogP contribution in [-0.2, 0) is 9.59 Å². The van der Waals surface area contributed by atoms with E-state index < -0.39 is 17.6 Å². The molecule has 0 radical (unpaired) electrons. The second kappa shape index (κ2) is 10.2. The number of benzene rings is 3. The van der Waals surface area contributed by atoms with Crippen LogP contribution in [-0.4, -0.2) is 25.0 Å². The highest BCUT2D eigenvalue weighted by molar-refractivity contribution is 6.46. The van der Waals surface area contributed by atoms with Gasteiger partial charge in [0, 0.05) is 11.8 Å². The molecule has 0 aromatic heterocycles. The first-order valence-corrected chi connectivity index (χ1v) is 11.1. The Labute approximate surface area is 197 Å². The summed E-state index contributed by atoms with van der Waals surface area (Å²) in [5.74, 6) is -0.181. The van der Waals surface area contributed by atoms with Crippen LogP contribution in [0.15, 0.2) is 78.5 Å². The van der Waals surface area contributed by atoms with Crippen molar-refractivity contribution in [3.8, 4) is 11.5 Å². The molecule has 0 saturated heterocycles. The molecule has 174 valence electrons. The highest BCUT2D eigenvalue weighted by Crippen LogP contribution is 2.35. The Morgan fingerprint density at radius 1 is 0.853 bits per heavy atom. The zero-order valence-electron chi connectivity index (χ0n) is 19.0. The molecule has 3 aromatic carbocycles. The van der Waals surface area contributed by atoms with Crippen LogP contribution >= 0.6 is 0 Å². The summed E-state index contributed by atoms with van der Waals surface area (Å²) in [6.07, 6.45) is 0.832. The number of ether oxygens (including phenoxy) is 2. The van der Waals surface area contributed by atoms with E-state index in [1.54, 1.807) is 48.5 Å². The fraction of sp³-hybridized carbons (Fsp3) is 0.185. The highest BCUT2D eigenvalue weighted by atomic mass is 19.1. The predicted octanol–water partition coefficient (Wildman–Crippen LogP) is 5.41. The number of hydrogen-bond donors (Lipinski definition) is 1. The minimum atomic E-state index is -0.508. The molecule has 0 fully saturated rings. The summed E-state index contributed by atoms with van der Waals surface area (Å²) in [5.41, 5.74) is 1.72. The van der Waals surface area contributed by atoms with Crippen LogP contribution in [0.3, 0.4) is 0 Å². The van der Waals surface area contributed by atoms with Crippen LogP contribution in [0.5, 0.6) is 11.5 Å². The molecule has 7 heteroatoms. The summed E-state index contributed by atoms with van der Waals surface area (Å²) in [4.78, 5) is 28.1. The summed E-state index contributed by atoms with van der Waals surface area (Å²) < 4.78 is 24.7. The average Bonchev–Trinajstić information content (AvgIpc) is 3.09. The summed E-state index contributed by atoms with van der Waals surface area (Å²) in [5, 5.41) is 3.09. The van der Waals surface area contributed by atoms with E-state index >= 15 is 0 Å². The van der Waals surface area contributed by atoms with Gasteiger partial charge >= 0.3 is 0 Å². The van der Waals surface area contributed by atoms with Gasteiger partial charge in [-0.2, -0.15) is 0 Å². The number of nitrogens with one attached hydrogen (secondary N) is 1. The number of nitrogens with zero attached hydrogens (tertiary/aromatic N) is 1. The maximum atomic E-state index is 13.6. The van der Waals surface area contributed by atoms with E-state index in [2.05, 4.69) is 5.32 Å². The molecule has 0 saturated carbocycles. The number of hydrogen-bond acceptors (Lipinski definition) is 5. The molecule has 34 heavy (non-hydrogen) atoms. The van der Waals surface area contributed by atoms with E-state index in [0.29, 0.717) is 41.7 Å². The molecule has 3 aromatic rings. The molecule has 0 bridgehead atoms. The van der Waals surface area contributed by atoms with Gasteiger partial charge in [0.1, 0.15) is 23.0 Å². The van der Waals surface area contributed by atoms with Gasteiger partial charge in [-0.1, -0.05) is 25.1 Å². The standard InChI is InChI=1S/C27H25FN2O4/c1-3-16-34-23-7-5-6-21(17-23)30-26(31)24(18-8-10-19(28)11-9-18)25(27(30)32)29-20-12-14-22(15-13-20)33-4-2/h5-15,17,29H,3-4,16H2,1-2H3. The van der Waals surface area contributed by atoms with Gasteiger partial charge in [-0.25, -0.2) is 9.29 Å². The van der Waals surface area contributed by atoms with Crippen molar-refractivity contribution in [3.63, 3.8) is 0 Å². The van der Waals surface area contributed by atoms with Gasteiger partial charge in [-0.15, -0.1) is 0 Å². The number of imide groups is 1. The van der Waals surface area contributed by atoms with Crippen molar-refractivity contribution in [1.82, 2.24) is 0 Å². The SMILES string of the molecule is CCCOc1cccc(N2C(=O)C(Nc3ccc(OCC)cc3)=C(c3ccc(F)cc3)C2=O)c1. The van der Waals surface area contributed by atoms with Crippen LogP contribution in [0.4, 0.5) is 15.8 Å². The molecule has 1 aliphatic rings. The van der Waals surface area contributed by atoms with E-state index in [9.17, 15) is 14.0 Å². The lowest BCUT2D eigenvalue weighted by atomic mass is 10.0. The van der Waals surface area contributed by atoms with Gasteiger partial charge in [-0.3, -0.25) is 9.59 Å². The number of carbonyl (C=O) groups is 2. The van der Waals surface area contributed by atoms with Crippen LogP contribution in [0, 0.1) is 5.82 Å². The van der Waals surface area contributed by atoms with Crippen LogP contribution in [0.1, 0.15) is 25.8 Å². The van der Waals surface area contributed by atoms with Crippen molar-refractivity contribution in [2.45, 2.75) is 20.3 Å². The quantitative estimate of drug-likeness (QED) is 0.433. The summed E-state index contributed by atoms with van der Waals surface area (Å²) in [6, 6.07) is 19.4. The molecule has 0 atom stereocenters. The summed E-state index contributed by atoms with van der Waals surface area (Å²) >= 11 is 0. The fourth-order valence-corrected chi connectivity index (χ4v) is 3.64. The third kappa shape index (κ3) is 4.78. The van der Waals surface area contributed by atoms with Crippen molar-refractivity contribution in [2.75, 3.05) is 23.4 Å². The van der Waals surface area contributed by atoms with Gasteiger partial charge in [0.15, 0.2) is 0 Å². The molecule has 0 spiro atoms. The molecule has 1 aliphatic heterocycles. The Balaban J connectivity index is 1.72. The van der Waals surface area contributed by atoms with Gasteiger partial charge < -0.3 is 14.8 Å². The highest BCUT2D eigenvalue weighted by Gasteiger charge is 2.40. The van der Waals surface area contributed by atoms with Crippen molar-refractivity contribution in [1.29, 1.82) is 0 Å². The molecular formula is C27H25FN2O4. The van der Waals surface area contributed by atoms with Crippen molar-refractivity contribution < 1.29 is 23.5 Å². The second-order valence-corrected chi connectivity index (χ2v) is 7.63. The van der Waals surface area contributed by atoms with Crippen LogP contribution < -0.4 is 19.7 Å². The minimum absolute atomic E-state index is 0.112. The maximum absolute atomic E-state index is 13.6. The first-order chi connectivity index (χ1) is 16.5.